The monoisotopic (exact) mass is 376 g/mol. The summed E-state index contributed by atoms with van der Waals surface area (Å²) >= 11 is 1.87. The molecule has 1 atom stereocenters. The number of carbonyl (C=O) groups is 1. The van der Waals surface area contributed by atoms with E-state index >= 15 is 0 Å². The van der Waals surface area contributed by atoms with Gasteiger partial charge in [0.15, 0.2) is 0 Å². The predicted octanol–water partition coefficient (Wildman–Crippen LogP) is 3.83. The summed E-state index contributed by atoms with van der Waals surface area (Å²) in [6.45, 7) is 8.31. The molecule has 26 heavy (non-hydrogen) atoms. The van der Waals surface area contributed by atoms with E-state index in [1.165, 1.54) is 23.3 Å². The van der Waals surface area contributed by atoms with Gasteiger partial charge in [0.2, 0.25) is 5.91 Å². The van der Waals surface area contributed by atoms with Crippen LogP contribution in [0.4, 0.5) is 0 Å². The van der Waals surface area contributed by atoms with Gasteiger partial charge in [-0.05, 0) is 68.4 Å². The molecule has 0 saturated carbocycles. The van der Waals surface area contributed by atoms with Crippen molar-refractivity contribution < 1.29 is 9.53 Å². The molecule has 5 heteroatoms. The van der Waals surface area contributed by atoms with Crippen LogP contribution in [0.5, 0.6) is 0 Å². The Morgan fingerprint density at radius 3 is 2.73 bits per heavy atom. The minimum atomic E-state index is 0.0369. The summed E-state index contributed by atoms with van der Waals surface area (Å²) in [5, 5.41) is 2.20. The number of rotatable bonds is 4. The van der Waals surface area contributed by atoms with Crippen molar-refractivity contribution in [3.63, 3.8) is 0 Å². The smallest absolute Gasteiger partial charge is 0.222 e. The zero-order valence-corrected chi connectivity index (χ0v) is 16.9. The largest absolute Gasteiger partial charge is 0.375 e. The van der Waals surface area contributed by atoms with Crippen LogP contribution in [0.15, 0.2) is 11.4 Å². The van der Waals surface area contributed by atoms with Crippen molar-refractivity contribution in [2.24, 2.45) is 5.92 Å². The molecule has 0 aliphatic carbocycles. The number of hydrogen-bond acceptors (Lipinski definition) is 4. The van der Waals surface area contributed by atoms with Crippen LogP contribution in [-0.2, 0) is 16.1 Å². The van der Waals surface area contributed by atoms with Crippen molar-refractivity contribution in [2.75, 3.05) is 32.8 Å². The molecule has 144 valence electrons. The summed E-state index contributed by atoms with van der Waals surface area (Å²) in [5.41, 5.74) is 1.46. The van der Waals surface area contributed by atoms with Crippen LogP contribution in [0.25, 0.3) is 0 Å². The average Bonchev–Trinajstić information content (AvgIpc) is 3.30. The molecule has 4 heterocycles. The van der Waals surface area contributed by atoms with Gasteiger partial charge >= 0.3 is 0 Å². The summed E-state index contributed by atoms with van der Waals surface area (Å²) in [6, 6.07) is 2.22. The highest BCUT2D eigenvalue weighted by Gasteiger charge is 2.41. The van der Waals surface area contributed by atoms with Crippen molar-refractivity contribution in [2.45, 2.75) is 64.0 Å². The van der Waals surface area contributed by atoms with E-state index in [1.807, 2.05) is 11.3 Å². The first-order valence-corrected chi connectivity index (χ1v) is 11.2. The molecular weight excluding hydrogens is 344 g/mol. The number of carbonyl (C=O) groups excluding carboxylic acids is 1. The first-order chi connectivity index (χ1) is 12.6. The molecule has 3 aliphatic heterocycles. The van der Waals surface area contributed by atoms with E-state index in [0.29, 0.717) is 11.8 Å². The zero-order chi connectivity index (χ0) is 18.0. The third-order valence-electron chi connectivity index (χ3n) is 6.62. The van der Waals surface area contributed by atoms with Gasteiger partial charge in [-0.1, -0.05) is 0 Å². The van der Waals surface area contributed by atoms with Crippen molar-refractivity contribution >= 4 is 17.2 Å². The molecule has 1 aromatic heterocycles. The maximum absolute atomic E-state index is 12.5. The van der Waals surface area contributed by atoms with Gasteiger partial charge in [-0.25, -0.2) is 0 Å². The lowest BCUT2D eigenvalue weighted by atomic mass is 9.78. The van der Waals surface area contributed by atoms with E-state index in [-0.39, 0.29) is 5.60 Å². The van der Waals surface area contributed by atoms with Gasteiger partial charge in [0.1, 0.15) is 0 Å². The minimum absolute atomic E-state index is 0.0369. The van der Waals surface area contributed by atoms with Crippen molar-refractivity contribution in [3.05, 3.63) is 21.9 Å². The van der Waals surface area contributed by atoms with E-state index in [1.54, 1.807) is 0 Å². The second-order valence-corrected chi connectivity index (χ2v) is 9.49. The number of thiophene rings is 1. The molecule has 0 aromatic carbocycles. The first-order valence-electron chi connectivity index (χ1n) is 10.3. The highest BCUT2D eigenvalue weighted by molar-refractivity contribution is 7.10. The molecule has 3 aliphatic rings. The summed E-state index contributed by atoms with van der Waals surface area (Å²) in [7, 11) is 0. The zero-order valence-electron chi connectivity index (χ0n) is 16.0. The molecule has 4 nitrogen and oxygen atoms in total. The van der Waals surface area contributed by atoms with Gasteiger partial charge in [-0.15, -0.1) is 11.3 Å². The Labute approximate surface area is 161 Å². The highest BCUT2D eigenvalue weighted by Crippen LogP contribution is 2.39. The van der Waals surface area contributed by atoms with Gasteiger partial charge in [-0.2, -0.15) is 0 Å². The normalized spacial score (nSPS) is 26.5. The maximum atomic E-state index is 12.5. The quantitative estimate of drug-likeness (QED) is 0.801. The van der Waals surface area contributed by atoms with Crippen molar-refractivity contribution in [1.29, 1.82) is 0 Å². The van der Waals surface area contributed by atoms with Crippen LogP contribution in [0.3, 0.4) is 0 Å². The topological polar surface area (TPSA) is 32.8 Å². The third-order valence-corrected chi connectivity index (χ3v) is 7.63. The highest BCUT2D eigenvalue weighted by atomic mass is 32.1. The van der Waals surface area contributed by atoms with Crippen molar-refractivity contribution in [1.82, 2.24) is 9.80 Å². The van der Waals surface area contributed by atoms with Crippen LogP contribution < -0.4 is 0 Å². The van der Waals surface area contributed by atoms with E-state index in [9.17, 15) is 4.79 Å². The molecule has 1 amide bonds. The Bertz CT molecular complexity index is 615. The number of aryl methyl sites for hydroxylation is 1. The van der Waals surface area contributed by atoms with Gasteiger partial charge in [0, 0.05) is 50.6 Å². The van der Waals surface area contributed by atoms with Gasteiger partial charge < -0.3 is 9.64 Å². The number of nitrogens with zero attached hydrogens (tertiary/aromatic N) is 2. The third kappa shape index (κ3) is 4.15. The van der Waals surface area contributed by atoms with E-state index in [4.69, 9.17) is 4.74 Å². The Hall–Kier alpha value is -0.910. The molecule has 1 unspecified atom stereocenters. The SMILES string of the molecule is Cc1ccsc1CN1CCC2(CC1)CC(CC(=O)N1CCCC1)CCO2. The summed E-state index contributed by atoms with van der Waals surface area (Å²) < 4.78 is 6.30. The fourth-order valence-corrected chi connectivity index (χ4v) is 5.83. The van der Waals surface area contributed by atoms with Crippen LogP contribution in [0.2, 0.25) is 0 Å². The van der Waals surface area contributed by atoms with Crippen LogP contribution in [0.1, 0.15) is 55.4 Å². The van der Waals surface area contributed by atoms with Crippen LogP contribution in [0, 0.1) is 12.8 Å². The second kappa shape index (κ2) is 7.99. The van der Waals surface area contributed by atoms with Crippen LogP contribution in [-0.4, -0.2) is 54.1 Å². The van der Waals surface area contributed by atoms with Gasteiger partial charge in [-0.3, -0.25) is 9.69 Å². The minimum Gasteiger partial charge on any atom is -0.375 e. The van der Waals surface area contributed by atoms with E-state index in [0.717, 1.165) is 71.4 Å². The number of ether oxygens (including phenoxy) is 1. The molecule has 3 saturated heterocycles. The Balaban J connectivity index is 1.28. The van der Waals surface area contributed by atoms with Gasteiger partial charge in [0.25, 0.3) is 0 Å². The molecule has 4 rings (SSSR count). The van der Waals surface area contributed by atoms with E-state index < -0.39 is 0 Å². The number of amides is 1. The lowest BCUT2D eigenvalue weighted by molar-refractivity contribution is -0.141. The summed E-state index contributed by atoms with van der Waals surface area (Å²) in [6.07, 6.45) is 7.48. The molecule has 0 radical (unpaired) electrons. The molecule has 1 spiro atoms. The lowest BCUT2D eigenvalue weighted by Gasteiger charge is -2.46. The Morgan fingerprint density at radius 2 is 2.04 bits per heavy atom. The fraction of sp³-hybridized carbons (Fsp3) is 0.762. The van der Waals surface area contributed by atoms with Crippen LogP contribution >= 0.6 is 11.3 Å². The number of piperidine rings is 1. The standard InChI is InChI=1S/C21H32N2O2S/c1-17-5-13-26-19(17)16-22-10-6-21(7-11-22)15-18(4-12-25-21)14-20(24)23-8-2-3-9-23/h5,13,18H,2-4,6-12,14-16H2,1H3. The number of likely N-dealkylation sites (tertiary alicyclic amines) is 2. The Kier molecular flexibility index (Phi) is 5.67. The molecule has 1 aromatic rings. The van der Waals surface area contributed by atoms with E-state index in [2.05, 4.69) is 28.2 Å². The Morgan fingerprint density at radius 1 is 1.27 bits per heavy atom. The average molecular weight is 377 g/mol. The lowest BCUT2D eigenvalue weighted by Crippen LogP contribution is -2.49. The summed E-state index contributed by atoms with van der Waals surface area (Å²) in [4.78, 5) is 18.7. The van der Waals surface area contributed by atoms with Gasteiger partial charge in [0.05, 0.1) is 5.60 Å². The maximum Gasteiger partial charge on any atom is 0.222 e. The molecule has 0 N–H and O–H groups in total. The van der Waals surface area contributed by atoms with Crippen molar-refractivity contribution in [3.8, 4) is 0 Å². The molecular formula is C21H32N2O2S. The molecule has 0 bridgehead atoms. The fourth-order valence-electron chi connectivity index (χ4n) is 4.88. The predicted molar refractivity (Wildman–Crippen MR) is 105 cm³/mol. The molecule has 3 fully saturated rings. The number of hydrogen-bond donors (Lipinski definition) is 0. The first kappa shape index (κ1) is 18.5. The summed E-state index contributed by atoms with van der Waals surface area (Å²) in [5.74, 6) is 0.901. The second-order valence-electron chi connectivity index (χ2n) is 8.49.